The van der Waals surface area contributed by atoms with Crippen LogP contribution in [0.15, 0.2) is 45.3 Å². The highest BCUT2D eigenvalue weighted by molar-refractivity contribution is 9.10. The quantitative estimate of drug-likeness (QED) is 0.918. The molecule has 1 aromatic heterocycles. The van der Waals surface area contributed by atoms with Crippen LogP contribution in [0.5, 0.6) is 0 Å². The van der Waals surface area contributed by atoms with Gasteiger partial charge < -0.3 is 14.3 Å². The van der Waals surface area contributed by atoms with Gasteiger partial charge in [0.05, 0.1) is 6.61 Å². The van der Waals surface area contributed by atoms with Crippen LogP contribution in [0.25, 0.3) is 0 Å². The zero-order valence-electron chi connectivity index (χ0n) is 9.43. The van der Waals surface area contributed by atoms with Crippen LogP contribution in [0, 0.1) is 0 Å². The summed E-state index contributed by atoms with van der Waals surface area (Å²) in [4.78, 5) is 10.6. The second kappa shape index (κ2) is 5.84. The molecule has 5 heteroatoms. The summed E-state index contributed by atoms with van der Waals surface area (Å²) in [6.45, 7) is 0.697. The van der Waals surface area contributed by atoms with Crippen LogP contribution in [-0.4, -0.2) is 11.1 Å². The van der Waals surface area contributed by atoms with Crippen LogP contribution < -0.4 is 0 Å². The molecule has 0 bridgehead atoms. The highest BCUT2D eigenvalue weighted by atomic mass is 79.9. The van der Waals surface area contributed by atoms with Crippen LogP contribution in [0.2, 0.25) is 0 Å². The molecule has 0 saturated heterocycles. The number of aromatic carboxylic acids is 1. The van der Waals surface area contributed by atoms with Gasteiger partial charge in [0.1, 0.15) is 12.4 Å². The molecule has 0 spiro atoms. The van der Waals surface area contributed by atoms with Gasteiger partial charge in [0.25, 0.3) is 0 Å². The number of benzene rings is 1. The summed E-state index contributed by atoms with van der Waals surface area (Å²) in [5, 5.41) is 8.69. The predicted octanol–water partition coefficient (Wildman–Crippen LogP) is 3.46. The number of carbonyl (C=O) groups is 1. The van der Waals surface area contributed by atoms with E-state index in [1.54, 1.807) is 6.07 Å². The number of carboxylic acid groups (broad SMARTS) is 1. The lowest BCUT2D eigenvalue weighted by atomic mass is 10.2. The first-order chi connectivity index (χ1) is 8.65. The van der Waals surface area contributed by atoms with E-state index in [9.17, 15) is 4.79 Å². The van der Waals surface area contributed by atoms with Crippen molar-refractivity contribution in [1.82, 2.24) is 0 Å². The fourth-order valence-electron chi connectivity index (χ4n) is 1.47. The standard InChI is InChI=1S/C13H11BrO4/c14-10-3-1-2-9(6-10)7-17-8-11-4-5-12(18-11)13(15)16/h1-6H,7-8H2,(H,15,16). The number of ether oxygens (including phenoxy) is 1. The number of halogens is 1. The molecular weight excluding hydrogens is 300 g/mol. The lowest BCUT2D eigenvalue weighted by molar-refractivity contribution is 0.0641. The third-order valence-corrected chi connectivity index (χ3v) is 2.77. The zero-order valence-corrected chi connectivity index (χ0v) is 11.0. The van der Waals surface area contributed by atoms with E-state index in [4.69, 9.17) is 14.3 Å². The first-order valence-corrected chi connectivity index (χ1v) is 6.08. The van der Waals surface area contributed by atoms with Gasteiger partial charge in [0.15, 0.2) is 0 Å². The predicted molar refractivity (Wildman–Crippen MR) is 68.3 cm³/mol. The Morgan fingerprint density at radius 1 is 1.28 bits per heavy atom. The number of rotatable bonds is 5. The van der Waals surface area contributed by atoms with Crippen molar-refractivity contribution in [1.29, 1.82) is 0 Å². The zero-order chi connectivity index (χ0) is 13.0. The van der Waals surface area contributed by atoms with Gasteiger partial charge in [-0.25, -0.2) is 4.79 Å². The maximum Gasteiger partial charge on any atom is 0.371 e. The third-order valence-electron chi connectivity index (χ3n) is 2.27. The minimum Gasteiger partial charge on any atom is -0.475 e. The van der Waals surface area contributed by atoms with Gasteiger partial charge in [0, 0.05) is 4.47 Å². The first-order valence-electron chi connectivity index (χ1n) is 5.29. The Kier molecular flexibility index (Phi) is 4.17. The smallest absolute Gasteiger partial charge is 0.371 e. The van der Waals surface area contributed by atoms with Crippen molar-refractivity contribution >= 4 is 21.9 Å². The highest BCUT2D eigenvalue weighted by Gasteiger charge is 2.08. The SMILES string of the molecule is O=C(O)c1ccc(COCc2cccc(Br)c2)o1. The van der Waals surface area contributed by atoms with E-state index in [1.165, 1.54) is 6.07 Å². The molecule has 2 aromatic rings. The van der Waals surface area contributed by atoms with E-state index in [-0.39, 0.29) is 12.4 Å². The Labute approximate surface area is 112 Å². The van der Waals surface area contributed by atoms with Crippen molar-refractivity contribution in [3.8, 4) is 0 Å². The normalized spacial score (nSPS) is 10.5. The minimum absolute atomic E-state index is 0.0731. The summed E-state index contributed by atoms with van der Waals surface area (Å²) >= 11 is 3.38. The van der Waals surface area contributed by atoms with Gasteiger partial charge in [-0.15, -0.1) is 0 Å². The minimum atomic E-state index is -1.08. The Morgan fingerprint density at radius 3 is 2.78 bits per heavy atom. The van der Waals surface area contributed by atoms with Crippen LogP contribution in [0.1, 0.15) is 21.9 Å². The maximum atomic E-state index is 10.6. The average molecular weight is 311 g/mol. The fourth-order valence-corrected chi connectivity index (χ4v) is 1.91. The first kappa shape index (κ1) is 12.9. The largest absolute Gasteiger partial charge is 0.475 e. The molecule has 2 rings (SSSR count). The van der Waals surface area contributed by atoms with Gasteiger partial charge in [0.2, 0.25) is 5.76 Å². The third kappa shape index (κ3) is 3.45. The van der Waals surface area contributed by atoms with E-state index < -0.39 is 5.97 Å². The van der Waals surface area contributed by atoms with E-state index >= 15 is 0 Å². The van der Waals surface area contributed by atoms with Gasteiger partial charge in [-0.3, -0.25) is 0 Å². The molecule has 0 radical (unpaired) electrons. The van der Waals surface area contributed by atoms with Crippen LogP contribution in [0.3, 0.4) is 0 Å². The lowest BCUT2D eigenvalue weighted by Gasteiger charge is -2.02. The molecule has 0 aliphatic rings. The summed E-state index contributed by atoms with van der Waals surface area (Å²) in [7, 11) is 0. The number of carboxylic acids is 1. The second-order valence-electron chi connectivity index (χ2n) is 3.69. The van der Waals surface area contributed by atoms with Crippen molar-refractivity contribution in [3.63, 3.8) is 0 Å². The van der Waals surface area contributed by atoms with Crippen LogP contribution >= 0.6 is 15.9 Å². The van der Waals surface area contributed by atoms with E-state index in [2.05, 4.69) is 15.9 Å². The van der Waals surface area contributed by atoms with E-state index in [0.29, 0.717) is 12.4 Å². The molecule has 4 nitrogen and oxygen atoms in total. The fraction of sp³-hybridized carbons (Fsp3) is 0.154. The Balaban J connectivity index is 1.86. The van der Waals surface area contributed by atoms with E-state index in [1.807, 2.05) is 24.3 Å². The average Bonchev–Trinajstić information content (AvgIpc) is 2.78. The summed E-state index contributed by atoms with van der Waals surface area (Å²) < 4.78 is 11.5. The summed E-state index contributed by atoms with van der Waals surface area (Å²) in [6, 6.07) is 10.8. The summed E-state index contributed by atoms with van der Waals surface area (Å²) in [5.41, 5.74) is 1.04. The molecular formula is C13H11BrO4. The van der Waals surface area contributed by atoms with Gasteiger partial charge in [-0.1, -0.05) is 28.1 Å². The molecule has 0 aliphatic heterocycles. The van der Waals surface area contributed by atoms with Crippen LogP contribution in [-0.2, 0) is 18.0 Å². The van der Waals surface area contributed by atoms with E-state index in [0.717, 1.165) is 10.0 Å². The van der Waals surface area contributed by atoms with Crippen molar-refractivity contribution in [2.24, 2.45) is 0 Å². The molecule has 94 valence electrons. The molecule has 1 heterocycles. The maximum absolute atomic E-state index is 10.6. The topological polar surface area (TPSA) is 59.7 Å². The number of furan rings is 1. The van der Waals surface area contributed by atoms with Gasteiger partial charge >= 0.3 is 5.97 Å². The highest BCUT2D eigenvalue weighted by Crippen LogP contribution is 2.14. The number of hydrogen-bond donors (Lipinski definition) is 1. The Hall–Kier alpha value is -1.59. The van der Waals surface area contributed by atoms with Crippen molar-refractivity contribution in [2.75, 3.05) is 0 Å². The molecule has 0 aliphatic carbocycles. The molecule has 0 saturated carbocycles. The van der Waals surface area contributed by atoms with Gasteiger partial charge in [-0.05, 0) is 29.8 Å². The monoisotopic (exact) mass is 310 g/mol. The molecule has 0 unspecified atom stereocenters. The molecule has 18 heavy (non-hydrogen) atoms. The van der Waals surface area contributed by atoms with Gasteiger partial charge in [-0.2, -0.15) is 0 Å². The molecule has 0 amide bonds. The molecule has 0 fully saturated rings. The molecule has 0 atom stereocenters. The molecule has 1 aromatic carbocycles. The Morgan fingerprint density at radius 2 is 2.11 bits per heavy atom. The van der Waals surface area contributed by atoms with Crippen LogP contribution in [0.4, 0.5) is 0 Å². The summed E-state index contributed by atoms with van der Waals surface area (Å²) in [5.74, 6) is -0.647. The number of hydrogen-bond acceptors (Lipinski definition) is 3. The van der Waals surface area contributed by atoms with Crippen molar-refractivity contribution < 1.29 is 19.1 Å². The Bertz CT molecular complexity index is 547. The van der Waals surface area contributed by atoms with Crippen molar-refractivity contribution in [3.05, 3.63) is 58.0 Å². The summed E-state index contributed by atoms with van der Waals surface area (Å²) in [6.07, 6.45) is 0. The molecule has 1 N–H and O–H groups in total. The second-order valence-corrected chi connectivity index (χ2v) is 4.61. The van der Waals surface area contributed by atoms with Crippen molar-refractivity contribution in [2.45, 2.75) is 13.2 Å². The lowest BCUT2D eigenvalue weighted by Crippen LogP contribution is -1.94.